The molecule has 1 aromatic heterocycles. The minimum atomic E-state index is -4.77. The molecule has 1 atom stereocenters. The molecule has 1 saturated heterocycles. The summed E-state index contributed by atoms with van der Waals surface area (Å²) in [6.07, 6.45) is 2.47. The zero-order valence-corrected chi connectivity index (χ0v) is 28.7. The van der Waals surface area contributed by atoms with Gasteiger partial charge in [-0.3, -0.25) is 14.6 Å². The van der Waals surface area contributed by atoms with Gasteiger partial charge in [-0.2, -0.15) is 5.48 Å². The van der Waals surface area contributed by atoms with E-state index in [2.05, 4.69) is 38.6 Å². The summed E-state index contributed by atoms with van der Waals surface area (Å²) in [7, 11) is -8.35. The molecule has 0 saturated carbocycles. The van der Waals surface area contributed by atoms with Crippen molar-refractivity contribution in [1.29, 1.82) is 0 Å². The molecule has 1 aliphatic rings. The lowest BCUT2D eigenvalue weighted by molar-refractivity contribution is -0.151. The van der Waals surface area contributed by atoms with Gasteiger partial charge in [0.1, 0.15) is 5.75 Å². The minimum absolute atomic E-state index is 0.0396. The Kier molecular flexibility index (Phi) is 12.6. The molecular weight excluding hydrogens is 665 g/mol. The van der Waals surface area contributed by atoms with Crippen molar-refractivity contribution >= 4 is 45.2 Å². The smallest absolute Gasteiger partial charge is 0.404 e. The van der Waals surface area contributed by atoms with Crippen LogP contribution in [0.1, 0.15) is 42.3 Å². The van der Waals surface area contributed by atoms with Gasteiger partial charge < -0.3 is 19.4 Å². The van der Waals surface area contributed by atoms with E-state index in [1.807, 2.05) is 18.2 Å². The molecular formula is C32H38N3O9PS2. The van der Waals surface area contributed by atoms with Crippen LogP contribution in [-0.2, 0) is 36.9 Å². The molecule has 3 aromatic rings. The third-order valence-corrected chi connectivity index (χ3v) is 11.4. The molecule has 2 aromatic carbocycles. The van der Waals surface area contributed by atoms with Crippen LogP contribution in [0.3, 0.4) is 0 Å². The molecule has 1 aliphatic heterocycles. The number of phosphoric ester groups is 1. The first kappa shape index (κ1) is 36.5. The number of hydrogen-bond donors (Lipinski definition) is 4. The van der Waals surface area contributed by atoms with E-state index < -0.39 is 28.4 Å². The van der Waals surface area contributed by atoms with Crippen LogP contribution < -0.4 is 10.0 Å². The number of sulfone groups is 1. The highest BCUT2D eigenvalue weighted by Crippen LogP contribution is 2.39. The van der Waals surface area contributed by atoms with Gasteiger partial charge in [0.05, 0.1) is 32.9 Å². The Bertz CT molecular complexity index is 1850. The first-order valence-electron chi connectivity index (χ1n) is 14.9. The molecule has 0 unspecified atom stereocenters. The second-order valence-electron chi connectivity index (χ2n) is 11.5. The van der Waals surface area contributed by atoms with Crippen molar-refractivity contribution in [3.63, 3.8) is 0 Å². The van der Waals surface area contributed by atoms with Crippen molar-refractivity contribution < 1.29 is 42.0 Å². The number of aromatic nitrogens is 1. The molecule has 2 heterocycles. The minimum Gasteiger partial charge on any atom is -0.404 e. The zero-order valence-electron chi connectivity index (χ0n) is 26.1. The lowest BCUT2D eigenvalue weighted by atomic mass is 10.0. The molecule has 15 heteroatoms. The summed E-state index contributed by atoms with van der Waals surface area (Å²) in [5, 5.41) is 9.68. The Morgan fingerprint density at radius 3 is 2.68 bits per heavy atom. The number of aliphatic hydroxyl groups is 1. The van der Waals surface area contributed by atoms with Gasteiger partial charge in [0.15, 0.2) is 9.84 Å². The average molecular weight is 704 g/mol. The number of carbonyl (C=O) groups excluding carboxylic acids is 1. The number of nitrogens with zero attached hydrogens (tertiary/aromatic N) is 2. The SMILES string of the molecule is C[C@@](CCc1nc2cc(C#CC#CC3CN(CCCO)C3)ccc2s1)(CNOC(=O)CCc1ccccc1OP(=O)(O)O)S(C)(=O)=O. The van der Waals surface area contributed by atoms with Crippen LogP contribution in [0.2, 0.25) is 0 Å². The van der Waals surface area contributed by atoms with E-state index in [1.54, 1.807) is 25.1 Å². The molecule has 0 bridgehead atoms. The predicted molar refractivity (Wildman–Crippen MR) is 179 cm³/mol. The molecule has 47 heavy (non-hydrogen) atoms. The molecule has 0 aliphatic carbocycles. The second-order valence-corrected chi connectivity index (χ2v) is 16.4. The lowest BCUT2D eigenvalue weighted by Gasteiger charge is -2.36. The predicted octanol–water partition coefficient (Wildman–Crippen LogP) is 2.85. The maximum atomic E-state index is 12.8. The van der Waals surface area contributed by atoms with Crippen LogP contribution in [0.25, 0.3) is 10.2 Å². The number of phosphoric acid groups is 1. The summed E-state index contributed by atoms with van der Waals surface area (Å²) in [6, 6.07) is 11.9. The first-order valence-corrected chi connectivity index (χ1v) is 19.2. The highest BCUT2D eigenvalue weighted by molar-refractivity contribution is 7.92. The fourth-order valence-corrected chi connectivity index (χ4v) is 6.98. The van der Waals surface area contributed by atoms with Crippen LogP contribution in [0, 0.1) is 29.6 Å². The molecule has 0 spiro atoms. The van der Waals surface area contributed by atoms with Gasteiger partial charge in [0.2, 0.25) is 0 Å². The van der Waals surface area contributed by atoms with Crippen LogP contribution in [0.15, 0.2) is 42.5 Å². The summed E-state index contributed by atoms with van der Waals surface area (Å²) in [5.41, 5.74) is 4.46. The maximum Gasteiger partial charge on any atom is 0.524 e. The number of hydroxylamine groups is 1. The maximum absolute atomic E-state index is 12.8. The number of benzene rings is 2. The van der Waals surface area contributed by atoms with Gasteiger partial charge in [0.25, 0.3) is 0 Å². The number of nitrogens with one attached hydrogen (secondary N) is 1. The number of rotatable bonds is 15. The van der Waals surface area contributed by atoms with Crippen molar-refractivity contribution in [3.05, 3.63) is 58.6 Å². The molecule has 1 fully saturated rings. The third-order valence-electron chi connectivity index (χ3n) is 7.75. The Labute approximate surface area is 278 Å². The van der Waals surface area contributed by atoms with Gasteiger partial charge >= 0.3 is 13.8 Å². The van der Waals surface area contributed by atoms with E-state index in [4.69, 9.17) is 24.7 Å². The number of fused-ring (bicyclic) bond motifs is 1. The Morgan fingerprint density at radius 1 is 1.19 bits per heavy atom. The normalized spacial score (nSPS) is 15.1. The van der Waals surface area contributed by atoms with Gasteiger partial charge in [-0.1, -0.05) is 30.0 Å². The monoisotopic (exact) mass is 703 g/mol. The van der Waals surface area contributed by atoms with E-state index in [0.717, 1.165) is 53.1 Å². The summed E-state index contributed by atoms with van der Waals surface area (Å²) >= 11 is 1.48. The number of para-hydroxylation sites is 1. The van der Waals surface area contributed by atoms with E-state index >= 15 is 0 Å². The van der Waals surface area contributed by atoms with Gasteiger partial charge in [-0.15, -0.1) is 11.3 Å². The Balaban J connectivity index is 1.28. The molecule has 4 rings (SSSR count). The highest BCUT2D eigenvalue weighted by atomic mass is 32.2. The van der Waals surface area contributed by atoms with Crippen molar-refractivity contribution in [2.24, 2.45) is 5.92 Å². The topological polar surface area (TPSA) is 176 Å². The van der Waals surface area contributed by atoms with E-state index in [1.165, 1.54) is 17.4 Å². The average Bonchev–Trinajstić information content (AvgIpc) is 3.39. The molecule has 0 radical (unpaired) electrons. The number of likely N-dealkylation sites (tertiary alicyclic amines) is 1. The molecule has 12 nitrogen and oxygen atoms in total. The van der Waals surface area contributed by atoms with Gasteiger partial charge in [-0.25, -0.2) is 18.0 Å². The van der Waals surface area contributed by atoms with Crippen LogP contribution in [0.5, 0.6) is 5.75 Å². The molecule has 4 N–H and O–H groups in total. The zero-order chi connectivity index (χ0) is 34.1. The second kappa shape index (κ2) is 16.2. The molecule has 252 valence electrons. The van der Waals surface area contributed by atoms with Gasteiger partial charge in [0, 0.05) is 50.4 Å². The van der Waals surface area contributed by atoms with Gasteiger partial charge in [-0.05, 0) is 67.9 Å². The van der Waals surface area contributed by atoms with Crippen LogP contribution in [0.4, 0.5) is 0 Å². The summed E-state index contributed by atoms with van der Waals surface area (Å²) in [4.78, 5) is 42.6. The standard InChI is InChI=1S/C32H38N3O9PS2/c1-32(47(2,41)42,23-33-43-31(37)15-13-26-10-5-6-11-28(26)44-45(38,39)40)17-16-30-34-27-20-24(12-14-29(27)46-30)8-3-4-9-25-21-35(22-25)18-7-19-36/h5-6,10-12,14,20,25,33,36H,7,13,15-19,21-23H2,1-2H3,(H2,38,39,40)/t32-/m1/s1. The fraction of sp³-hybridized carbons (Fsp3) is 0.438. The van der Waals surface area contributed by atoms with Crippen LogP contribution >= 0.6 is 19.2 Å². The fourth-order valence-electron chi connectivity index (χ4n) is 4.80. The van der Waals surface area contributed by atoms with E-state index in [9.17, 15) is 17.8 Å². The summed E-state index contributed by atoms with van der Waals surface area (Å²) in [5.74, 6) is 11.7. The van der Waals surface area contributed by atoms with Crippen LogP contribution in [-0.4, -0.2) is 83.0 Å². The quantitative estimate of drug-likeness (QED) is 0.104. The summed E-state index contributed by atoms with van der Waals surface area (Å²) < 4.78 is 41.1. The lowest BCUT2D eigenvalue weighted by Crippen LogP contribution is -2.46. The largest absolute Gasteiger partial charge is 0.524 e. The number of thiazole rings is 1. The van der Waals surface area contributed by atoms with Crippen molar-refractivity contribution in [2.45, 2.75) is 43.8 Å². The Morgan fingerprint density at radius 2 is 1.96 bits per heavy atom. The first-order chi connectivity index (χ1) is 22.2. The molecule has 0 amide bonds. The number of carbonyl (C=O) groups is 1. The summed E-state index contributed by atoms with van der Waals surface area (Å²) in [6.45, 7) is 4.32. The number of aryl methyl sites for hydroxylation is 2. The van der Waals surface area contributed by atoms with E-state index in [-0.39, 0.29) is 38.2 Å². The highest BCUT2D eigenvalue weighted by Gasteiger charge is 2.36. The van der Waals surface area contributed by atoms with Crippen molar-refractivity contribution in [2.75, 3.05) is 39.0 Å². The Hall–Kier alpha value is -3.30. The van der Waals surface area contributed by atoms with E-state index in [0.29, 0.717) is 17.9 Å². The van der Waals surface area contributed by atoms with Crippen molar-refractivity contribution in [3.8, 4) is 29.4 Å². The van der Waals surface area contributed by atoms with Crippen molar-refractivity contribution in [1.82, 2.24) is 15.4 Å². The third kappa shape index (κ3) is 11.1. The number of aliphatic hydroxyl groups excluding tert-OH is 1. The number of hydrogen-bond acceptors (Lipinski definition) is 11.